The molecule has 0 fully saturated rings. The van der Waals surface area contributed by atoms with Crippen LogP contribution in [-0.4, -0.2) is 10.8 Å². The Bertz CT molecular complexity index is 452. The van der Waals surface area contributed by atoms with E-state index < -0.39 is 0 Å². The predicted molar refractivity (Wildman–Crippen MR) is 57.0 cm³/mol. The Hall–Kier alpha value is -1.19. The first-order chi connectivity index (χ1) is 6.77. The largest absolute Gasteiger partial charge is 0.288 e. The van der Waals surface area contributed by atoms with Crippen LogP contribution in [0.3, 0.4) is 0 Å². The maximum absolute atomic E-state index is 11.8. The molecule has 70 valence electrons. The predicted octanol–water partition coefficient (Wildman–Crippen LogP) is 3.03. The van der Waals surface area contributed by atoms with Crippen LogP contribution in [0.5, 0.6) is 0 Å². The number of benzene rings is 1. The topological polar surface area (TPSA) is 30.0 Å². The van der Waals surface area contributed by atoms with Crippen LogP contribution in [0.4, 0.5) is 0 Å². The first-order valence-corrected chi connectivity index (χ1v) is 5.18. The molecule has 0 aliphatic carbocycles. The van der Waals surface area contributed by atoms with Crippen LogP contribution >= 0.6 is 22.9 Å². The SMILES string of the molecule is O=C(c1ccccc1)c1cnc(Cl)s1. The van der Waals surface area contributed by atoms with Gasteiger partial charge in [-0.05, 0) is 0 Å². The smallest absolute Gasteiger partial charge is 0.204 e. The monoisotopic (exact) mass is 223 g/mol. The lowest BCUT2D eigenvalue weighted by Gasteiger charge is -1.94. The van der Waals surface area contributed by atoms with Crippen LogP contribution < -0.4 is 0 Å². The van der Waals surface area contributed by atoms with Crippen molar-refractivity contribution in [1.82, 2.24) is 4.98 Å². The van der Waals surface area contributed by atoms with Gasteiger partial charge in [-0.15, -0.1) is 0 Å². The summed E-state index contributed by atoms with van der Waals surface area (Å²) >= 11 is 6.84. The van der Waals surface area contributed by atoms with Crippen molar-refractivity contribution < 1.29 is 4.79 Å². The van der Waals surface area contributed by atoms with Crippen molar-refractivity contribution in [3.63, 3.8) is 0 Å². The van der Waals surface area contributed by atoms with Crippen LogP contribution in [0.15, 0.2) is 36.5 Å². The highest BCUT2D eigenvalue weighted by Gasteiger charge is 2.11. The van der Waals surface area contributed by atoms with Crippen molar-refractivity contribution in [2.45, 2.75) is 0 Å². The van der Waals surface area contributed by atoms with Crippen molar-refractivity contribution in [2.75, 3.05) is 0 Å². The fourth-order valence-electron chi connectivity index (χ4n) is 1.09. The van der Waals surface area contributed by atoms with Gasteiger partial charge in [-0.1, -0.05) is 53.3 Å². The highest BCUT2D eigenvalue weighted by atomic mass is 35.5. The Morgan fingerprint density at radius 2 is 2.00 bits per heavy atom. The van der Waals surface area contributed by atoms with E-state index in [1.54, 1.807) is 12.1 Å². The molecule has 0 atom stereocenters. The van der Waals surface area contributed by atoms with Gasteiger partial charge >= 0.3 is 0 Å². The number of carbonyl (C=O) groups is 1. The lowest BCUT2D eigenvalue weighted by atomic mass is 10.1. The number of hydrogen-bond donors (Lipinski definition) is 0. The second-order valence-electron chi connectivity index (χ2n) is 2.67. The molecule has 0 amide bonds. The molecule has 4 heteroatoms. The van der Waals surface area contributed by atoms with E-state index >= 15 is 0 Å². The highest BCUT2D eigenvalue weighted by molar-refractivity contribution is 7.17. The minimum Gasteiger partial charge on any atom is -0.288 e. The summed E-state index contributed by atoms with van der Waals surface area (Å²) in [6.07, 6.45) is 1.50. The molecule has 2 aromatic rings. The molecule has 0 bridgehead atoms. The summed E-state index contributed by atoms with van der Waals surface area (Å²) < 4.78 is 0.393. The van der Waals surface area contributed by atoms with Gasteiger partial charge in [0.2, 0.25) is 5.78 Å². The summed E-state index contributed by atoms with van der Waals surface area (Å²) in [4.78, 5) is 16.2. The summed E-state index contributed by atoms with van der Waals surface area (Å²) in [6, 6.07) is 9.08. The molecule has 0 aliphatic rings. The first-order valence-electron chi connectivity index (χ1n) is 3.98. The molecule has 0 radical (unpaired) electrons. The molecule has 1 aromatic carbocycles. The summed E-state index contributed by atoms with van der Waals surface area (Å²) in [6.45, 7) is 0. The standard InChI is InChI=1S/C10H6ClNOS/c11-10-12-6-8(14-10)9(13)7-4-2-1-3-5-7/h1-6H. The van der Waals surface area contributed by atoms with Crippen molar-refractivity contribution in [3.05, 3.63) is 51.4 Å². The van der Waals surface area contributed by atoms with E-state index in [1.165, 1.54) is 17.5 Å². The highest BCUT2D eigenvalue weighted by Crippen LogP contribution is 2.20. The third-order valence-corrected chi connectivity index (χ3v) is 2.85. The van der Waals surface area contributed by atoms with Crippen molar-refractivity contribution in [3.8, 4) is 0 Å². The van der Waals surface area contributed by atoms with Gasteiger partial charge in [0.05, 0.1) is 11.1 Å². The number of nitrogens with zero attached hydrogens (tertiary/aromatic N) is 1. The second kappa shape index (κ2) is 3.90. The van der Waals surface area contributed by atoms with Crippen LogP contribution in [-0.2, 0) is 0 Å². The third kappa shape index (κ3) is 1.84. The van der Waals surface area contributed by atoms with E-state index in [4.69, 9.17) is 11.6 Å². The molecule has 0 unspecified atom stereocenters. The maximum Gasteiger partial charge on any atom is 0.204 e. The lowest BCUT2D eigenvalue weighted by molar-refractivity contribution is 0.104. The second-order valence-corrected chi connectivity index (χ2v) is 4.29. The summed E-state index contributed by atoms with van der Waals surface area (Å²) in [5.74, 6) is -0.0324. The van der Waals surface area contributed by atoms with Gasteiger partial charge in [0, 0.05) is 5.56 Å². The molecule has 0 saturated heterocycles. The zero-order valence-electron chi connectivity index (χ0n) is 7.11. The summed E-state index contributed by atoms with van der Waals surface area (Å²) in [5, 5.41) is 0. The molecule has 1 aromatic heterocycles. The van der Waals surface area contributed by atoms with E-state index in [0.717, 1.165) is 0 Å². The summed E-state index contributed by atoms with van der Waals surface area (Å²) in [7, 11) is 0. The fourth-order valence-corrected chi connectivity index (χ4v) is 1.99. The molecule has 14 heavy (non-hydrogen) atoms. The Balaban J connectivity index is 2.34. The molecule has 0 N–H and O–H groups in total. The van der Waals surface area contributed by atoms with Crippen LogP contribution in [0.2, 0.25) is 4.47 Å². The molecule has 0 saturated carbocycles. The average Bonchev–Trinajstić information content (AvgIpc) is 2.65. The zero-order chi connectivity index (χ0) is 9.97. The molecular weight excluding hydrogens is 218 g/mol. The number of aromatic nitrogens is 1. The van der Waals surface area contributed by atoms with Gasteiger partial charge in [-0.3, -0.25) is 4.79 Å². The average molecular weight is 224 g/mol. The summed E-state index contributed by atoms with van der Waals surface area (Å²) in [5.41, 5.74) is 0.660. The van der Waals surface area contributed by atoms with E-state index in [2.05, 4.69) is 4.98 Å². The van der Waals surface area contributed by atoms with E-state index in [0.29, 0.717) is 14.9 Å². The van der Waals surface area contributed by atoms with Gasteiger partial charge < -0.3 is 0 Å². The van der Waals surface area contributed by atoms with Crippen LogP contribution in [0.1, 0.15) is 15.2 Å². The third-order valence-electron chi connectivity index (χ3n) is 1.74. The number of rotatable bonds is 2. The van der Waals surface area contributed by atoms with Crippen molar-refractivity contribution in [2.24, 2.45) is 0 Å². The minimum atomic E-state index is -0.0324. The molecule has 2 rings (SSSR count). The van der Waals surface area contributed by atoms with Crippen LogP contribution in [0, 0.1) is 0 Å². The van der Waals surface area contributed by atoms with E-state index in [-0.39, 0.29) is 5.78 Å². The number of ketones is 1. The quantitative estimate of drug-likeness (QED) is 0.733. The van der Waals surface area contributed by atoms with Gasteiger partial charge in [-0.2, -0.15) is 0 Å². The number of hydrogen-bond acceptors (Lipinski definition) is 3. The van der Waals surface area contributed by atoms with Gasteiger partial charge in [-0.25, -0.2) is 4.98 Å². The first kappa shape index (κ1) is 9.37. The molecule has 0 spiro atoms. The van der Waals surface area contributed by atoms with Gasteiger partial charge in [0.25, 0.3) is 0 Å². The maximum atomic E-state index is 11.8. The van der Waals surface area contributed by atoms with Crippen LogP contribution in [0.25, 0.3) is 0 Å². The molecule has 2 nitrogen and oxygen atoms in total. The minimum absolute atomic E-state index is 0.0324. The van der Waals surface area contributed by atoms with Crippen molar-refractivity contribution in [1.29, 1.82) is 0 Å². The fraction of sp³-hybridized carbons (Fsp3) is 0. The van der Waals surface area contributed by atoms with E-state index in [9.17, 15) is 4.79 Å². The Labute approximate surface area is 90.2 Å². The van der Waals surface area contributed by atoms with Gasteiger partial charge in [0.15, 0.2) is 4.47 Å². The number of thiazole rings is 1. The molecular formula is C10H6ClNOS. The normalized spacial score (nSPS) is 10.1. The van der Waals surface area contributed by atoms with E-state index in [1.807, 2.05) is 18.2 Å². The number of halogens is 1. The number of carbonyl (C=O) groups excluding carboxylic acids is 1. The molecule has 1 heterocycles. The van der Waals surface area contributed by atoms with Crippen molar-refractivity contribution >= 4 is 28.7 Å². The lowest BCUT2D eigenvalue weighted by Crippen LogP contribution is -1.97. The zero-order valence-corrected chi connectivity index (χ0v) is 8.68. The Morgan fingerprint density at radius 1 is 1.29 bits per heavy atom. The Morgan fingerprint density at radius 3 is 2.57 bits per heavy atom. The van der Waals surface area contributed by atoms with Gasteiger partial charge in [0.1, 0.15) is 0 Å². The molecule has 0 aliphatic heterocycles. The Kier molecular flexibility index (Phi) is 2.61.